The highest BCUT2D eigenvalue weighted by molar-refractivity contribution is 9.10. The van der Waals surface area contributed by atoms with Crippen LogP contribution in [0, 0.1) is 6.92 Å². The number of hydrogen-bond acceptors (Lipinski definition) is 4. The Bertz CT molecular complexity index is 731. The average molecular weight is 418 g/mol. The number of alkyl halides is 3. The SMILES string of the molecule is Cc1cc(C(=O)NC(C)c2ccc(OCC(F)(F)F)nc2)cc(Br)n1. The predicted molar refractivity (Wildman–Crippen MR) is 88.3 cm³/mol. The molecule has 1 atom stereocenters. The number of aromatic nitrogens is 2. The maximum atomic E-state index is 12.3. The van der Waals surface area contributed by atoms with Crippen molar-refractivity contribution in [2.75, 3.05) is 6.61 Å². The van der Waals surface area contributed by atoms with E-state index < -0.39 is 12.8 Å². The van der Waals surface area contributed by atoms with Crippen LogP contribution in [-0.2, 0) is 0 Å². The molecule has 0 aliphatic carbocycles. The third-order valence-corrected chi connectivity index (χ3v) is 3.58. The first-order valence-electron chi connectivity index (χ1n) is 7.24. The lowest BCUT2D eigenvalue weighted by molar-refractivity contribution is -0.154. The van der Waals surface area contributed by atoms with Gasteiger partial charge in [0.05, 0.1) is 6.04 Å². The number of amides is 1. The Hall–Kier alpha value is -2.16. The molecule has 0 aliphatic heterocycles. The molecule has 1 unspecified atom stereocenters. The second kappa shape index (κ2) is 7.81. The summed E-state index contributed by atoms with van der Waals surface area (Å²) in [6, 6.07) is 5.75. The highest BCUT2D eigenvalue weighted by Gasteiger charge is 2.28. The van der Waals surface area contributed by atoms with Crippen LogP contribution in [0.2, 0.25) is 0 Å². The summed E-state index contributed by atoms with van der Waals surface area (Å²) in [6.45, 7) is 2.12. The van der Waals surface area contributed by atoms with Crippen molar-refractivity contribution in [3.8, 4) is 5.88 Å². The highest BCUT2D eigenvalue weighted by atomic mass is 79.9. The van der Waals surface area contributed by atoms with Crippen LogP contribution in [-0.4, -0.2) is 28.7 Å². The predicted octanol–water partition coefficient (Wildman–Crippen LogP) is 3.98. The van der Waals surface area contributed by atoms with Gasteiger partial charge in [0.15, 0.2) is 6.61 Å². The van der Waals surface area contributed by atoms with Gasteiger partial charge in [0, 0.05) is 23.5 Å². The van der Waals surface area contributed by atoms with Gasteiger partial charge in [0.25, 0.3) is 5.91 Å². The smallest absolute Gasteiger partial charge is 0.422 e. The van der Waals surface area contributed by atoms with Gasteiger partial charge in [-0.2, -0.15) is 13.2 Å². The molecule has 0 aliphatic rings. The van der Waals surface area contributed by atoms with E-state index in [4.69, 9.17) is 0 Å². The largest absolute Gasteiger partial charge is 0.468 e. The number of nitrogens with zero attached hydrogens (tertiary/aromatic N) is 2. The van der Waals surface area contributed by atoms with Crippen molar-refractivity contribution < 1.29 is 22.7 Å². The standard InChI is InChI=1S/C16H15BrF3N3O2/c1-9-5-12(6-13(17)22-9)15(24)23-10(2)11-3-4-14(21-7-11)25-8-16(18,19)20/h3-7,10H,8H2,1-2H3,(H,23,24). The van der Waals surface area contributed by atoms with E-state index in [2.05, 4.69) is 36.0 Å². The average Bonchev–Trinajstić information content (AvgIpc) is 2.51. The molecule has 2 rings (SSSR count). The number of halogens is 4. The van der Waals surface area contributed by atoms with Crippen molar-refractivity contribution in [2.45, 2.75) is 26.1 Å². The van der Waals surface area contributed by atoms with Gasteiger partial charge in [-0.15, -0.1) is 0 Å². The first-order valence-corrected chi connectivity index (χ1v) is 8.04. The van der Waals surface area contributed by atoms with Crippen molar-refractivity contribution in [2.24, 2.45) is 0 Å². The van der Waals surface area contributed by atoms with Crippen LogP contribution >= 0.6 is 15.9 Å². The molecule has 1 amide bonds. The monoisotopic (exact) mass is 417 g/mol. The highest BCUT2D eigenvalue weighted by Crippen LogP contribution is 2.19. The number of rotatable bonds is 5. The summed E-state index contributed by atoms with van der Waals surface area (Å²) < 4.78 is 41.4. The lowest BCUT2D eigenvalue weighted by Gasteiger charge is -2.15. The molecule has 0 spiro atoms. The Balaban J connectivity index is 2.00. The van der Waals surface area contributed by atoms with E-state index in [0.717, 1.165) is 0 Å². The summed E-state index contributed by atoms with van der Waals surface area (Å²) in [5.74, 6) is -0.426. The third-order valence-electron chi connectivity index (χ3n) is 3.17. The number of pyridine rings is 2. The van der Waals surface area contributed by atoms with Crippen LogP contribution in [0.3, 0.4) is 0 Å². The zero-order valence-electron chi connectivity index (χ0n) is 13.4. The summed E-state index contributed by atoms with van der Waals surface area (Å²) in [5, 5.41) is 2.79. The van der Waals surface area contributed by atoms with E-state index in [1.165, 1.54) is 12.3 Å². The van der Waals surface area contributed by atoms with Crippen LogP contribution in [0.1, 0.15) is 34.6 Å². The summed E-state index contributed by atoms with van der Waals surface area (Å²) in [6.07, 6.45) is -3.05. The van der Waals surface area contributed by atoms with Gasteiger partial charge in [-0.05, 0) is 47.5 Å². The third kappa shape index (κ3) is 6.00. The molecule has 134 valence electrons. The Labute approximate surface area is 150 Å². The molecule has 0 bridgehead atoms. The molecule has 2 aromatic heterocycles. The van der Waals surface area contributed by atoms with Crippen molar-refractivity contribution in [3.63, 3.8) is 0 Å². The van der Waals surface area contributed by atoms with Gasteiger partial charge in [-0.25, -0.2) is 9.97 Å². The number of aryl methyl sites for hydroxylation is 1. The van der Waals surface area contributed by atoms with E-state index in [1.807, 2.05) is 0 Å². The first kappa shape index (κ1) is 19.2. The maximum absolute atomic E-state index is 12.3. The Kier molecular flexibility index (Phi) is 5.99. The molecule has 9 heteroatoms. The van der Waals surface area contributed by atoms with Gasteiger partial charge in [0.2, 0.25) is 5.88 Å². The number of ether oxygens (including phenoxy) is 1. The molecular weight excluding hydrogens is 403 g/mol. The zero-order chi connectivity index (χ0) is 18.6. The molecular formula is C16H15BrF3N3O2. The quantitative estimate of drug-likeness (QED) is 0.747. The van der Waals surface area contributed by atoms with E-state index in [0.29, 0.717) is 21.4 Å². The fourth-order valence-corrected chi connectivity index (χ4v) is 2.54. The van der Waals surface area contributed by atoms with Crippen LogP contribution in [0.15, 0.2) is 35.1 Å². The Morgan fingerprint density at radius 1 is 1.36 bits per heavy atom. The van der Waals surface area contributed by atoms with E-state index in [9.17, 15) is 18.0 Å². The fourth-order valence-electron chi connectivity index (χ4n) is 2.01. The zero-order valence-corrected chi connectivity index (χ0v) is 15.0. The number of hydrogen-bond donors (Lipinski definition) is 1. The van der Waals surface area contributed by atoms with Crippen LogP contribution in [0.4, 0.5) is 13.2 Å². The Morgan fingerprint density at radius 2 is 2.08 bits per heavy atom. The van der Waals surface area contributed by atoms with Gasteiger partial charge in [-0.3, -0.25) is 4.79 Å². The maximum Gasteiger partial charge on any atom is 0.422 e. The molecule has 0 aromatic carbocycles. The number of carbonyl (C=O) groups excluding carboxylic acids is 1. The minimum atomic E-state index is -4.42. The van der Waals surface area contributed by atoms with E-state index >= 15 is 0 Å². The number of nitrogens with one attached hydrogen (secondary N) is 1. The molecule has 0 saturated heterocycles. The molecule has 1 N–H and O–H groups in total. The van der Waals surface area contributed by atoms with Crippen molar-refractivity contribution in [1.29, 1.82) is 0 Å². The molecule has 25 heavy (non-hydrogen) atoms. The van der Waals surface area contributed by atoms with Crippen molar-refractivity contribution in [3.05, 3.63) is 51.9 Å². The van der Waals surface area contributed by atoms with Gasteiger partial charge < -0.3 is 10.1 Å². The van der Waals surface area contributed by atoms with Crippen LogP contribution in [0.5, 0.6) is 5.88 Å². The van der Waals surface area contributed by atoms with Crippen LogP contribution < -0.4 is 10.1 Å². The minimum Gasteiger partial charge on any atom is -0.468 e. The summed E-state index contributed by atoms with van der Waals surface area (Å²) in [4.78, 5) is 20.2. The van der Waals surface area contributed by atoms with Crippen LogP contribution in [0.25, 0.3) is 0 Å². The second-order valence-corrected chi connectivity index (χ2v) is 6.16. The van der Waals surface area contributed by atoms with Gasteiger partial charge in [-0.1, -0.05) is 6.07 Å². The van der Waals surface area contributed by atoms with E-state index in [1.54, 1.807) is 32.0 Å². The normalized spacial score (nSPS) is 12.6. The summed E-state index contributed by atoms with van der Waals surface area (Å²) in [5.41, 5.74) is 1.78. The summed E-state index contributed by atoms with van der Waals surface area (Å²) >= 11 is 3.23. The lowest BCUT2D eigenvalue weighted by Crippen LogP contribution is -2.27. The Morgan fingerprint density at radius 3 is 2.64 bits per heavy atom. The summed E-state index contributed by atoms with van der Waals surface area (Å²) in [7, 11) is 0. The molecule has 0 fully saturated rings. The number of carbonyl (C=O) groups is 1. The van der Waals surface area contributed by atoms with Crippen molar-refractivity contribution >= 4 is 21.8 Å². The molecule has 0 saturated carbocycles. The second-order valence-electron chi connectivity index (χ2n) is 5.35. The minimum absolute atomic E-state index is 0.131. The van der Waals surface area contributed by atoms with Crippen molar-refractivity contribution in [1.82, 2.24) is 15.3 Å². The molecule has 2 aromatic rings. The lowest BCUT2D eigenvalue weighted by atomic mass is 10.1. The topological polar surface area (TPSA) is 64.1 Å². The first-order chi connectivity index (χ1) is 11.6. The van der Waals surface area contributed by atoms with Gasteiger partial charge >= 0.3 is 6.18 Å². The molecule has 2 heterocycles. The fraction of sp³-hybridized carbons (Fsp3) is 0.312. The van der Waals surface area contributed by atoms with Gasteiger partial charge in [0.1, 0.15) is 4.60 Å². The van der Waals surface area contributed by atoms with E-state index in [-0.39, 0.29) is 17.8 Å². The molecule has 0 radical (unpaired) electrons. The molecule has 5 nitrogen and oxygen atoms in total.